The van der Waals surface area contributed by atoms with E-state index >= 15 is 0 Å². The third kappa shape index (κ3) is 1.99. The summed E-state index contributed by atoms with van der Waals surface area (Å²) in [4.78, 5) is 25.4. The molecule has 102 valence electrons. The minimum Gasteiger partial charge on any atom is -0.383 e. The van der Waals surface area contributed by atoms with Gasteiger partial charge in [-0.15, -0.1) is 0 Å². The Hall–Kier alpha value is -1.89. The summed E-state index contributed by atoms with van der Waals surface area (Å²) in [6, 6.07) is 0.213. The van der Waals surface area contributed by atoms with E-state index in [-0.39, 0.29) is 18.4 Å². The molecule has 19 heavy (non-hydrogen) atoms. The van der Waals surface area contributed by atoms with Crippen LogP contribution in [-0.2, 0) is 11.2 Å². The van der Waals surface area contributed by atoms with Crippen molar-refractivity contribution in [1.82, 2.24) is 20.0 Å². The molecule has 3 N–H and O–H groups in total. The summed E-state index contributed by atoms with van der Waals surface area (Å²) in [5.41, 5.74) is 6.92. The fraction of sp³-hybridized carbons (Fsp3) is 0.583. The van der Waals surface area contributed by atoms with Crippen molar-refractivity contribution in [3.8, 4) is 0 Å². The summed E-state index contributed by atoms with van der Waals surface area (Å²) in [7, 11) is 2.08. The first kappa shape index (κ1) is 12.2. The lowest BCUT2D eigenvalue weighted by Crippen LogP contribution is -2.37. The number of imide groups is 1. The maximum atomic E-state index is 11.8. The van der Waals surface area contributed by atoms with Crippen molar-refractivity contribution < 1.29 is 9.59 Å². The zero-order valence-corrected chi connectivity index (χ0v) is 10.8. The molecule has 0 radical (unpaired) electrons. The fourth-order valence-electron chi connectivity index (χ4n) is 2.77. The summed E-state index contributed by atoms with van der Waals surface area (Å²) in [6.45, 7) is 1.97. The van der Waals surface area contributed by atoms with Gasteiger partial charge in [-0.3, -0.25) is 14.9 Å². The molecule has 1 saturated heterocycles. The lowest BCUT2D eigenvalue weighted by atomic mass is 10.1. The van der Waals surface area contributed by atoms with Crippen molar-refractivity contribution in [3.05, 3.63) is 11.3 Å². The highest BCUT2D eigenvalue weighted by molar-refractivity contribution is 6.11. The monoisotopic (exact) mass is 263 g/mol. The number of aromatic nitrogens is 2. The Morgan fingerprint density at radius 1 is 1.32 bits per heavy atom. The first-order chi connectivity index (χ1) is 9.06. The van der Waals surface area contributed by atoms with Crippen LogP contribution in [0.4, 0.5) is 5.82 Å². The first-order valence-corrected chi connectivity index (χ1v) is 6.46. The van der Waals surface area contributed by atoms with Crippen LogP contribution < -0.4 is 11.1 Å². The molecule has 0 aliphatic carbocycles. The number of carbonyl (C=O) groups is 2. The zero-order valence-electron chi connectivity index (χ0n) is 10.8. The summed E-state index contributed by atoms with van der Waals surface area (Å²) in [6.07, 6.45) is 2.04. The molecule has 0 saturated carbocycles. The van der Waals surface area contributed by atoms with Crippen LogP contribution in [-0.4, -0.2) is 46.6 Å². The van der Waals surface area contributed by atoms with E-state index in [4.69, 9.17) is 5.73 Å². The molecule has 3 heterocycles. The van der Waals surface area contributed by atoms with Crippen molar-refractivity contribution in [2.75, 3.05) is 25.9 Å². The van der Waals surface area contributed by atoms with Gasteiger partial charge in [0.1, 0.15) is 11.4 Å². The van der Waals surface area contributed by atoms with E-state index in [1.807, 2.05) is 0 Å². The normalized spacial score (nSPS) is 21.3. The molecule has 0 aromatic carbocycles. The van der Waals surface area contributed by atoms with Gasteiger partial charge in [0.05, 0.1) is 18.2 Å². The molecule has 2 amide bonds. The van der Waals surface area contributed by atoms with Crippen LogP contribution in [0, 0.1) is 0 Å². The number of nitrogens with one attached hydrogen (secondary N) is 1. The van der Waals surface area contributed by atoms with Gasteiger partial charge in [0.2, 0.25) is 5.91 Å². The molecule has 0 spiro atoms. The van der Waals surface area contributed by atoms with Crippen LogP contribution in [0.25, 0.3) is 0 Å². The molecule has 7 heteroatoms. The molecule has 1 fully saturated rings. The number of carbonyl (C=O) groups excluding carboxylic acids is 2. The van der Waals surface area contributed by atoms with E-state index in [9.17, 15) is 9.59 Å². The minimum atomic E-state index is -0.428. The predicted molar refractivity (Wildman–Crippen MR) is 68.6 cm³/mol. The Kier molecular flexibility index (Phi) is 2.78. The highest BCUT2D eigenvalue weighted by Gasteiger charge is 2.32. The van der Waals surface area contributed by atoms with Gasteiger partial charge >= 0.3 is 0 Å². The lowest BCUT2D eigenvalue weighted by molar-refractivity contribution is -0.119. The third-order valence-electron chi connectivity index (χ3n) is 3.86. The molecular weight excluding hydrogens is 246 g/mol. The molecular formula is C12H17N5O2. The standard InChI is InChI=1S/C12H17N5O2/c1-16-4-2-7(3-5-16)17-11(13)10-8(15-17)6-9(18)14-12(10)19/h7H,2-6,13H2,1H3,(H,14,18,19). The third-order valence-corrected chi connectivity index (χ3v) is 3.86. The quantitative estimate of drug-likeness (QED) is 0.669. The van der Waals surface area contributed by atoms with E-state index in [1.165, 1.54) is 0 Å². The number of fused-ring (bicyclic) bond motifs is 1. The number of anilines is 1. The second-order valence-corrected chi connectivity index (χ2v) is 5.24. The number of hydrogen-bond acceptors (Lipinski definition) is 5. The molecule has 2 aliphatic heterocycles. The number of rotatable bonds is 1. The Balaban J connectivity index is 1.94. The Bertz CT molecular complexity index is 543. The van der Waals surface area contributed by atoms with Gasteiger partial charge in [0.15, 0.2) is 0 Å². The molecule has 0 unspecified atom stereocenters. The summed E-state index contributed by atoms with van der Waals surface area (Å²) >= 11 is 0. The molecule has 3 rings (SSSR count). The van der Waals surface area contributed by atoms with Crippen LogP contribution in [0.3, 0.4) is 0 Å². The molecule has 0 bridgehead atoms. The van der Waals surface area contributed by atoms with Gasteiger partial charge in [0.25, 0.3) is 5.91 Å². The van der Waals surface area contributed by atoms with Crippen LogP contribution in [0.2, 0.25) is 0 Å². The second-order valence-electron chi connectivity index (χ2n) is 5.24. The number of nitrogen functional groups attached to an aromatic ring is 1. The number of piperidine rings is 1. The number of nitrogens with two attached hydrogens (primary N) is 1. The van der Waals surface area contributed by atoms with E-state index in [0.29, 0.717) is 17.1 Å². The highest BCUT2D eigenvalue weighted by Crippen LogP contribution is 2.28. The largest absolute Gasteiger partial charge is 0.383 e. The smallest absolute Gasteiger partial charge is 0.263 e. The van der Waals surface area contributed by atoms with Crippen LogP contribution in [0.1, 0.15) is 34.9 Å². The van der Waals surface area contributed by atoms with Crippen LogP contribution in [0.5, 0.6) is 0 Å². The maximum absolute atomic E-state index is 11.8. The van der Waals surface area contributed by atoms with Crippen molar-refractivity contribution in [2.45, 2.75) is 25.3 Å². The van der Waals surface area contributed by atoms with Crippen molar-refractivity contribution in [2.24, 2.45) is 0 Å². The Labute approximate surface area is 110 Å². The predicted octanol–water partition coefficient (Wildman–Crippen LogP) is -0.455. The Morgan fingerprint density at radius 2 is 2.00 bits per heavy atom. The summed E-state index contributed by atoms with van der Waals surface area (Å²) in [5, 5.41) is 6.67. The van der Waals surface area contributed by atoms with Gasteiger partial charge < -0.3 is 10.6 Å². The molecule has 1 aromatic heterocycles. The van der Waals surface area contributed by atoms with Gasteiger partial charge in [-0.1, -0.05) is 0 Å². The average Bonchev–Trinajstić information content (AvgIpc) is 2.67. The number of amides is 2. The minimum absolute atomic E-state index is 0.130. The SMILES string of the molecule is CN1CCC(n2nc3c(c2N)C(=O)NC(=O)C3)CC1. The number of hydrogen-bond donors (Lipinski definition) is 2. The molecule has 1 aromatic rings. The summed E-state index contributed by atoms with van der Waals surface area (Å²) < 4.78 is 1.73. The van der Waals surface area contributed by atoms with Crippen molar-refractivity contribution >= 4 is 17.6 Å². The topological polar surface area (TPSA) is 93.2 Å². The van der Waals surface area contributed by atoms with Crippen LogP contribution >= 0.6 is 0 Å². The van der Waals surface area contributed by atoms with E-state index in [1.54, 1.807) is 4.68 Å². The Morgan fingerprint density at radius 3 is 2.68 bits per heavy atom. The molecule has 0 atom stereocenters. The lowest BCUT2D eigenvalue weighted by Gasteiger charge is -2.29. The van der Waals surface area contributed by atoms with Crippen LogP contribution in [0.15, 0.2) is 0 Å². The fourth-order valence-corrected chi connectivity index (χ4v) is 2.77. The average molecular weight is 263 g/mol. The molecule has 7 nitrogen and oxygen atoms in total. The van der Waals surface area contributed by atoms with Gasteiger partial charge in [-0.25, -0.2) is 4.68 Å². The van der Waals surface area contributed by atoms with E-state index in [2.05, 4.69) is 22.4 Å². The first-order valence-electron chi connectivity index (χ1n) is 6.46. The maximum Gasteiger partial charge on any atom is 0.263 e. The van der Waals surface area contributed by atoms with E-state index in [0.717, 1.165) is 25.9 Å². The van der Waals surface area contributed by atoms with Gasteiger partial charge in [-0.2, -0.15) is 5.10 Å². The van der Waals surface area contributed by atoms with Gasteiger partial charge in [-0.05, 0) is 33.0 Å². The van der Waals surface area contributed by atoms with Crippen molar-refractivity contribution in [3.63, 3.8) is 0 Å². The molecule has 2 aliphatic rings. The highest BCUT2D eigenvalue weighted by atomic mass is 16.2. The van der Waals surface area contributed by atoms with Crippen molar-refractivity contribution in [1.29, 1.82) is 0 Å². The number of nitrogens with zero attached hydrogens (tertiary/aromatic N) is 3. The zero-order chi connectivity index (χ0) is 13.6. The second kappa shape index (κ2) is 4.34. The van der Waals surface area contributed by atoms with Gasteiger partial charge in [0, 0.05) is 0 Å². The van der Waals surface area contributed by atoms with E-state index < -0.39 is 5.91 Å². The summed E-state index contributed by atoms with van der Waals surface area (Å²) in [5.74, 6) is -0.358. The number of likely N-dealkylation sites (tertiary alicyclic amines) is 1.